The third-order valence-electron chi connectivity index (χ3n) is 3.74. The minimum atomic E-state index is -0.177. The Balaban J connectivity index is 2.45. The topological polar surface area (TPSA) is 17.1 Å². The summed E-state index contributed by atoms with van der Waals surface area (Å²) in [6.45, 7) is 8.55. The van der Waals surface area contributed by atoms with Crippen molar-refractivity contribution in [1.82, 2.24) is 0 Å². The van der Waals surface area contributed by atoms with E-state index in [4.69, 9.17) is 0 Å². The molecule has 0 amide bonds. The van der Waals surface area contributed by atoms with Crippen LogP contribution in [0.2, 0.25) is 0 Å². The summed E-state index contributed by atoms with van der Waals surface area (Å²) < 4.78 is 0. The van der Waals surface area contributed by atoms with Crippen molar-refractivity contribution in [1.29, 1.82) is 0 Å². The molecule has 1 aromatic rings. The van der Waals surface area contributed by atoms with Crippen molar-refractivity contribution in [2.45, 2.75) is 40.0 Å². The molecule has 0 radical (unpaired) electrons. The van der Waals surface area contributed by atoms with Crippen LogP contribution in [-0.4, -0.2) is 5.78 Å². The standard InChI is InChI=1S/C15H20O/c1-14(2)10-15(3,4)13(16)12(14)11-8-6-5-7-9-11/h5-9,12H,10H2,1-4H3. The van der Waals surface area contributed by atoms with E-state index >= 15 is 0 Å². The van der Waals surface area contributed by atoms with Crippen molar-refractivity contribution in [3.8, 4) is 0 Å². The van der Waals surface area contributed by atoms with E-state index < -0.39 is 0 Å². The molecule has 0 saturated heterocycles. The number of benzene rings is 1. The summed E-state index contributed by atoms with van der Waals surface area (Å²) in [6, 6.07) is 10.2. The molecule has 16 heavy (non-hydrogen) atoms. The number of ketones is 1. The van der Waals surface area contributed by atoms with Gasteiger partial charge in [-0.1, -0.05) is 58.0 Å². The molecule has 1 fully saturated rings. The van der Waals surface area contributed by atoms with Crippen LogP contribution in [0.25, 0.3) is 0 Å². The lowest BCUT2D eigenvalue weighted by Gasteiger charge is -2.25. The molecule has 1 saturated carbocycles. The highest BCUT2D eigenvalue weighted by atomic mass is 16.1. The van der Waals surface area contributed by atoms with E-state index in [9.17, 15) is 4.79 Å². The first-order valence-corrected chi connectivity index (χ1v) is 5.94. The first-order valence-electron chi connectivity index (χ1n) is 5.94. The highest BCUT2D eigenvalue weighted by Crippen LogP contribution is 2.54. The van der Waals surface area contributed by atoms with Gasteiger partial charge in [0.15, 0.2) is 0 Å². The Bertz CT molecular complexity index is 401. The van der Waals surface area contributed by atoms with Gasteiger partial charge in [0.25, 0.3) is 0 Å². The SMILES string of the molecule is CC1(C)CC(C)(C)C(c2ccccc2)C1=O. The van der Waals surface area contributed by atoms with Crippen LogP contribution in [0.4, 0.5) is 0 Å². The zero-order valence-corrected chi connectivity index (χ0v) is 10.6. The van der Waals surface area contributed by atoms with Crippen LogP contribution in [0.15, 0.2) is 30.3 Å². The van der Waals surface area contributed by atoms with Crippen molar-refractivity contribution in [2.24, 2.45) is 10.8 Å². The second-order valence-corrected chi connectivity index (χ2v) is 6.26. The molecule has 1 aliphatic carbocycles. The molecule has 1 aliphatic rings. The molecule has 0 heterocycles. The molecule has 1 nitrogen and oxygen atoms in total. The molecule has 0 spiro atoms. The molecule has 0 aliphatic heterocycles. The minimum Gasteiger partial charge on any atom is -0.298 e. The average Bonchev–Trinajstić information content (AvgIpc) is 2.33. The zero-order valence-electron chi connectivity index (χ0n) is 10.6. The van der Waals surface area contributed by atoms with Gasteiger partial charge < -0.3 is 0 Å². The predicted molar refractivity (Wildman–Crippen MR) is 66.4 cm³/mol. The lowest BCUT2D eigenvalue weighted by atomic mass is 9.77. The molecule has 0 bridgehead atoms. The Kier molecular flexibility index (Phi) is 2.45. The maximum Gasteiger partial charge on any atom is 0.146 e. The predicted octanol–water partition coefficient (Wildman–Crippen LogP) is 3.80. The quantitative estimate of drug-likeness (QED) is 0.698. The Hall–Kier alpha value is -1.11. The monoisotopic (exact) mass is 216 g/mol. The first kappa shape index (κ1) is 11.4. The molecular weight excluding hydrogens is 196 g/mol. The molecule has 2 rings (SSSR count). The fourth-order valence-electron chi connectivity index (χ4n) is 3.32. The van der Waals surface area contributed by atoms with Crippen LogP contribution < -0.4 is 0 Å². The van der Waals surface area contributed by atoms with Gasteiger partial charge in [-0.3, -0.25) is 4.79 Å². The van der Waals surface area contributed by atoms with E-state index in [2.05, 4.69) is 39.8 Å². The molecular formula is C15H20O. The van der Waals surface area contributed by atoms with Crippen LogP contribution in [0.1, 0.15) is 45.6 Å². The normalized spacial score (nSPS) is 27.0. The summed E-state index contributed by atoms with van der Waals surface area (Å²) in [6.07, 6.45) is 0.971. The lowest BCUT2D eigenvalue weighted by Crippen LogP contribution is -2.22. The number of carbonyl (C=O) groups excluding carboxylic acids is 1. The third-order valence-corrected chi connectivity index (χ3v) is 3.74. The molecule has 1 heteroatoms. The summed E-state index contributed by atoms with van der Waals surface area (Å²) >= 11 is 0. The summed E-state index contributed by atoms with van der Waals surface area (Å²) in [5.41, 5.74) is 1.06. The third kappa shape index (κ3) is 1.68. The number of Topliss-reactive ketones (excluding diaryl/α,β-unsaturated/α-hetero) is 1. The van der Waals surface area contributed by atoms with Gasteiger partial charge in [-0.15, -0.1) is 0 Å². The number of carbonyl (C=O) groups is 1. The maximum atomic E-state index is 12.4. The fraction of sp³-hybridized carbons (Fsp3) is 0.533. The number of hydrogen-bond donors (Lipinski definition) is 0. The molecule has 0 N–H and O–H groups in total. The van der Waals surface area contributed by atoms with E-state index in [1.807, 2.05) is 18.2 Å². The lowest BCUT2D eigenvalue weighted by molar-refractivity contribution is -0.125. The minimum absolute atomic E-state index is 0.0590. The van der Waals surface area contributed by atoms with Crippen molar-refractivity contribution < 1.29 is 4.79 Å². The van der Waals surface area contributed by atoms with E-state index in [0.29, 0.717) is 5.78 Å². The summed E-state index contributed by atoms with van der Waals surface area (Å²) in [7, 11) is 0. The summed E-state index contributed by atoms with van der Waals surface area (Å²) in [5, 5.41) is 0. The molecule has 1 unspecified atom stereocenters. The second kappa shape index (κ2) is 3.44. The van der Waals surface area contributed by atoms with Gasteiger partial charge in [-0.25, -0.2) is 0 Å². The molecule has 1 atom stereocenters. The maximum absolute atomic E-state index is 12.4. The van der Waals surface area contributed by atoms with Gasteiger partial charge in [-0.2, -0.15) is 0 Å². The molecule has 0 aromatic heterocycles. The van der Waals surface area contributed by atoms with Crippen molar-refractivity contribution in [3.05, 3.63) is 35.9 Å². The summed E-state index contributed by atoms with van der Waals surface area (Å²) in [5.74, 6) is 0.451. The van der Waals surface area contributed by atoms with Crippen molar-refractivity contribution in [2.75, 3.05) is 0 Å². The van der Waals surface area contributed by atoms with Gasteiger partial charge in [0, 0.05) is 11.3 Å². The van der Waals surface area contributed by atoms with Gasteiger partial charge >= 0.3 is 0 Å². The van der Waals surface area contributed by atoms with Crippen LogP contribution in [-0.2, 0) is 4.79 Å². The van der Waals surface area contributed by atoms with E-state index in [1.165, 1.54) is 5.56 Å². The van der Waals surface area contributed by atoms with Gasteiger partial charge in [0.2, 0.25) is 0 Å². The first-order chi connectivity index (χ1) is 7.34. The van der Waals surface area contributed by atoms with Crippen LogP contribution >= 0.6 is 0 Å². The van der Waals surface area contributed by atoms with Crippen LogP contribution in [0, 0.1) is 10.8 Å². The Morgan fingerprint density at radius 3 is 2.06 bits per heavy atom. The highest BCUT2D eigenvalue weighted by molar-refractivity contribution is 5.93. The Morgan fingerprint density at radius 1 is 1.06 bits per heavy atom. The van der Waals surface area contributed by atoms with Crippen LogP contribution in [0.5, 0.6) is 0 Å². The van der Waals surface area contributed by atoms with Crippen molar-refractivity contribution >= 4 is 5.78 Å². The average molecular weight is 216 g/mol. The van der Waals surface area contributed by atoms with Crippen LogP contribution in [0.3, 0.4) is 0 Å². The summed E-state index contributed by atoms with van der Waals surface area (Å²) in [4.78, 5) is 12.4. The van der Waals surface area contributed by atoms with Gasteiger partial charge in [0.1, 0.15) is 5.78 Å². The largest absolute Gasteiger partial charge is 0.298 e. The smallest absolute Gasteiger partial charge is 0.146 e. The number of rotatable bonds is 1. The Morgan fingerprint density at radius 2 is 1.62 bits per heavy atom. The molecule has 1 aromatic carbocycles. The zero-order chi connectivity index (χ0) is 12.0. The van der Waals surface area contributed by atoms with Gasteiger partial charge in [-0.05, 0) is 17.4 Å². The Labute approximate surface area is 97.9 Å². The number of hydrogen-bond acceptors (Lipinski definition) is 1. The highest BCUT2D eigenvalue weighted by Gasteiger charge is 2.52. The second-order valence-electron chi connectivity index (χ2n) is 6.26. The van der Waals surface area contributed by atoms with E-state index in [1.54, 1.807) is 0 Å². The van der Waals surface area contributed by atoms with Gasteiger partial charge in [0.05, 0.1) is 0 Å². The van der Waals surface area contributed by atoms with E-state index in [0.717, 1.165) is 6.42 Å². The van der Waals surface area contributed by atoms with Crippen molar-refractivity contribution in [3.63, 3.8) is 0 Å². The fourth-order valence-corrected chi connectivity index (χ4v) is 3.32. The van der Waals surface area contributed by atoms with E-state index in [-0.39, 0.29) is 16.7 Å². The molecule has 86 valence electrons.